The summed E-state index contributed by atoms with van der Waals surface area (Å²) in [6, 6.07) is 4.78. The number of ether oxygens (including phenoxy) is 2. The van der Waals surface area contributed by atoms with Crippen molar-refractivity contribution in [3.8, 4) is 11.5 Å². The molecule has 2 unspecified atom stereocenters. The van der Waals surface area contributed by atoms with E-state index >= 15 is 0 Å². The van der Waals surface area contributed by atoms with Gasteiger partial charge in [-0.15, -0.1) is 0 Å². The molecule has 25 heavy (non-hydrogen) atoms. The van der Waals surface area contributed by atoms with Crippen LogP contribution in [-0.2, 0) is 9.59 Å². The number of benzene rings is 1. The Balaban J connectivity index is 2.12. The Hall–Kier alpha value is -2.24. The third-order valence-electron chi connectivity index (χ3n) is 4.78. The van der Waals surface area contributed by atoms with Gasteiger partial charge in [0.2, 0.25) is 11.8 Å². The van der Waals surface area contributed by atoms with E-state index in [0.29, 0.717) is 11.5 Å². The zero-order valence-electron chi connectivity index (χ0n) is 15.4. The van der Waals surface area contributed by atoms with E-state index in [-0.39, 0.29) is 23.8 Å². The molecule has 2 amide bonds. The highest BCUT2D eigenvalue weighted by atomic mass is 16.5. The maximum absolute atomic E-state index is 12.8. The lowest BCUT2D eigenvalue weighted by atomic mass is 9.96. The van der Waals surface area contributed by atoms with E-state index < -0.39 is 6.04 Å². The van der Waals surface area contributed by atoms with Crippen LogP contribution in [-0.4, -0.2) is 32.1 Å². The van der Waals surface area contributed by atoms with Crippen molar-refractivity contribution in [2.75, 3.05) is 14.2 Å². The van der Waals surface area contributed by atoms with Crippen molar-refractivity contribution in [2.45, 2.75) is 51.6 Å². The Morgan fingerprint density at radius 2 is 1.80 bits per heavy atom. The van der Waals surface area contributed by atoms with Crippen LogP contribution in [0.1, 0.15) is 51.1 Å². The summed E-state index contributed by atoms with van der Waals surface area (Å²) < 4.78 is 10.6. The summed E-state index contributed by atoms with van der Waals surface area (Å²) in [7, 11) is 3.19. The molecule has 1 fully saturated rings. The summed E-state index contributed by atoms with van der Waals surface area (Å²) in [4.78, 5) is 24.3. The lowest BCUT2D eigenvalue weighted by Crippen LogP contribution is -2.50. The molecular weight excluding hydrogens is 320 g/mol. The molecule has 0 saturated heterocycles. The second-order valence-corrected chi connectivity index (χ2v) is 6.56. The summed E-state index contributed by atoms with van der Waals surface area (Å²) in [5, 5.41) is 5.84. The molecule has 1 aromatic carbocycles. The highest BCUT2D eigenvalue weighted by molar-refractivity contribution is 5.87. The van der Waals surface area contributed by atoms with E-state index in [2.05, 4.69) is 10.6 Å². The van der Waals surface area contributed by atoms with E-state index in [4.69, 9.17) is 9.47 Å². The molecule has 1 aliphatic carbocycles. The third kappa shape index (κ3) is 4.87. The molecule has 0 radical (unpaired) electrons. The SMILES string of the molecule is COc1ccc(C(C)NC(=O)C(NC(C)=O)C2CCCC2)c(OC)c1. The van der Waals surface area contributed by atoms with Crippen molar-refractivity contribution in [3.63, 3.8) is 0 Å². The van der Waals surface area contributed by atoms with Crippen molar-refractivity contribution in [3.05, 3.63) is 23.8 Å². The monoisotopic (exact) mass is 348 g/mol. The topological polar surface area (TPSA) is 76.7 Å². The minimum Gasteiger partial charge on any atom is -0.497 e. The number of methoxy groups -OCH3 is 2. The average molecular weight is 348 g/mol. The van der Waals surface area contributed by atoms with Crippen LogP contribution >= 0.6 is 0 Å². The average Bonchev–Trinajstić information content (AvgIpc) is 3.12. The maximum Gasteiger partial charge on any atom is 0.243 e. The van der Waals surface area contributed by atoms with E-state index in [9.17, 15) is 9.59 Å². The molecule has 0 aromatic heterocycles. The Morgan fingerprint density at radius 3 is 2.36 bits per heavy atom. The molecule has 1 saturated carbocycles. The van der Waals surface area contributed by atoms with E-state index in [1.54, 1.807) is 20.3 Å². The number of carbonyl (C=O) groups is 2. The van der Waals surface area contributed by atoms with Crippen LogP contribution < -0.4 is 20.1 Å². The predicted octanol–water partition coefficient (Wildman–Crippen LogP) is 2.58. The standard InChI is InChI=1S/C19H28N2O4/c1-12(16-10-9-15(24-3)11-17(16)25-4)20-19(23)18(21-13(2)22)14-7-5-6-8-14/h9-12,14,18H,5-8H2,1-4H3,(H,20,23)(H,21,22). The van der Waals surface area contributed by atoms with Crippen molar-refractivity contribution in [2.24, 2.45) is 5.92 Å². The summed E-state index contributed by atoms with van der Waals surface area (Å²) >= 11 is 0. The first kappa shape index (κ1) is 19.1. The number of rotatable bonds is 7. The fourth-order valence-corrected chi connectivity index (χ4v) is 3.46. The van der Waals surface area contributed by atoms with Gasteiger partial charge < -0.3 is 20.1 Å². The number of hydrogen-bond acceptors (Lipinski definition) is 4. The highest BCUT2D eigenvalue weighted by Gasteiger charge is 2.32. The quantitative estimate of drug-likeness (QED) is 0.794. The number of hydrogen-bond donors (Lipinski definition) is 2. The molecule has 0 aliphatic heterocycles. The number of amides is 2. The van der Waals surface area contributed by atoms with Crippen LogP contribution in [0.15, 0.2) is 18.2 Å². The molecule has 138 valence electrons. The maximum atomic E-state index is 12.8. The first-order valence-electron chi connectivity index (χ1n) is 8.75. The van der Waals surface area contributed by atoms with Crippen molar-refractivity contribution in [1.29, 1.82) is 0 Å². The summed E-state index contributed by atoms with van der Waals surface area (Å²) in [6.07, 6.45) is 4.16. The van der Waals surface area contributed by atoms with Gasteiger partial charge in [-0.3, -0.25) is 9.59 Å². The second kappa shape index (κ2) is 8.74. The van der Waals surface area contributed by atoms with Crippen molar-refractivity contribution in [1.82, 2.24) is 10.6 Å². The zero-order valence-corrected chi connectivity index (χ0v) is 15.4. The summed E-state index contributed by atoms with van der Waals surface area (Å²) in [5.74, 6) is 1.23. The van der Waals surface area contributed by atoms with E-state index in [0.717, 1.165) is 31.2 Å². The lowest BCUT2D eigenvalue weighted by molar-refractivity contribution is -0.129. The van der Waals surface area contributed by atoms with Crippen LogP contribution in [0, 0.1) is 5.92 Å². The molecule has 2 rings (SSSR count). The molecule has 0 bridgehead atoms. The van der Waals surface area contributed by atoms with Gasteiger partial charge in [0, 0.05) is 18.6 Å². The molecule has 6 nitrogen and oxygen atoms in total. The van der Waals surface area contributed by atoms with Crippen LogP contribution in [0.4, 0.5) is 0 Å². The van der Waals surface area contributed by atoms with Gasteiger partial charge in [0.25, 0.3) is 0 Å². The van der Waals surface area contributed by atoms with E-state index in [1.165, 1.54) is 6.92 Å². The molecule has 0 heterocycles. The minimum atomic E-state index is -0.480. The van der Waals surface area contributed by atoms with Crippen LogP contribution in [0.5, 0.6) is 11.5 Å². The fraction of sp³-hybridized carbons (Fsp3) is 0.579. The molecule has 2 atom stereocenters. The van der Waals surface area contributed by atoms with Crippen LogP contribution in [0.3, 0.4) is 0 Å². The molecular formula is C19H28N2O4. The Morgan fingerprint density at radius 1 is 1.12 bits per heavy atom. The minimum absolute atomic E-state index is 0.146. The van der Waals surface area contributed by atoms with Gasteiger partial charge in [-0.05, 0) is 37.8 Å². The molecule has 1 aliphatic rings. The predicted molar refractivity (Wildman–Crippen MR) is 95.7 cm³/mol. The van der Waals surface area contributed by atoms with Crippen molar-refractivity contribution < 1.29 is 19.1 Å². The fourth-order valence-electron chi connectivity index (χ4n) is 3.46. The Bertz CT molecular complexity index is 611. The Labute approximate surface area is 149 Å². The van der Waals surface area contributed by atoms with Crippen LogP contribution in [0.2, 0.25) is 0 Å². The third-order valence-corrected chi connectivity index (χ3v) is 4.78. The van der Waals surface area contributed by atoms with Gasteiger partial charge in [-0.2, -0.15) is 0 Å². The van der Waals surface area contributed by atoms with Gasteiger partial charge in [0.05, 0.1) is 20.3 Å². The molecule has 6 heteroatoms. The second-order valence-electron chi connectivity index (χ2n) is 6.56. The van der Waals surface area contributed by atoms with Crippen molar-refractivity contribution >= 4 is 11.8 Å². The number of carbonyl (C=O) groups excluding carboxylic acids is 2. The highest BCUT2D eigenvalue weighted by Crippen LogP contribution is 2.31. The largest absolute Gasteiger partial charge is 0.497 e. The molecule has 1 aromatic rings. The first-order valence-corrected chi connectivity index (χ1v) is 8.75. The summed E-state index contributed by atoms with van der Waals surface area (Å²) in [5.41, 5.74) is 0.865. The van der Waals surface area contributed by atoms with Gasteiger partial charge >= 0.3 is 0 Å². The smallest absolute Gasteiger partial charge is 0.243 e. The van der Waals surface area contributed by atoms with Gasteiger partial charge in [-0.1, -0.05) is 12.8 Å². The number of nitrogens with one attached hydrogen (secondary N) is 2. The van der Waals surface area contributed by atoms with E-state index in [1.807, 2.05) is 19.1 Å². The summed E-state index contributed by atoms with van der Waals surface area (Å²) in [6.45, 7) is 3.35. The Kier molecular flexibility index (Phi) is 6.67. The van der Waals surface area contributed by atoms with Gasteiger partial charge in [0.15, 0.2) is 0 Å². The lowest BCUT2D eigenvalue weighted by Gasteiger charge is -2.26. The molecule has 2 N–H and O–H groups in total. The first-order chi connectivity index (χ1) is 12.0. The molecule has 0 spiro atoms. The van der Waals surface area contributed by atoms with Gasteiger partial charge in [-0.25, -0.2) is 0 Å². The van der Waals surface area contributed by atoms with Crippen LogP contribution in [0.25, 0.3) is 0 Å². The zero-order chi connectivity index (χ0) is 18.4. The normalized spacial score (nSPS) is 16.8. The van der Waals surface area contributed by atoms with Gasteiger partial charge in [0.1, 0.15) is 17.5 Å².